The van der Waals surface area contributed by atoms with Crippen LogP contribution in [-0.4, -0.2) is 42.8 Å². The van der Waals surface area contributed by atoms with Crippen LogP contribution >= 0.6 is 11.6 Å². The largest absolute Gasteiger partial charge is 0.484 e. The van der Waals surface area contributed by atoms with E-state index in [1.54, 1.807) is 36.4 Å². The summed E-state index contributed by atoms with van der Waals surface area (Å²) in [6.07, 6.45) is 1.06. The molecule has 0 saturated heterocycles. The summed E-state index contributed by atoms with van der Waals surface area (Å²) < 4.78 is 5.54. The molecule has 3 amide bonds. The van der Waals surface area contributed by atoms with Gasteiger partial charge in [0.1, 0.15) is 5.75 Å². The van der Waals surface area contributed by atoms with Crippen LogP contribution in [0.2, 0.25) is 5.02 Å². The van der Waals surface area contributed by atoms with Gasteiger partial charge in [-0.2, -0.15) is 0 Å². The Morgan fingerprint density at radius 2 is 2.00 bits per heavy atom. The first-order valence-electron chi connectivity index (χ1n) is 8.76. The lowest BCUT2D eigenvalue weighted by Gasteiger charge is -2.19. The number of para-hydroxylation sites is 1. The number of nitrogens with one attached hydrogen (secondary N) is 2. The van der Waals surface area contributed by atoms with Crippen LogP contribution in [-0.2, 0) is 20.8 Å². The molecule has 0 spiro atoms. The molecule has 0 saturated carbocycles. The Bertz CT molecular complexity index is 916. The van der Waals surface area contributed by atoms with Crippen molar-refractivity contribution in [3.63, 3.8) is 0 Å². The minimum Gasteiger partial charge on any atom is -0.484 e. The number of nitrogens with zero attached hydrogens (tertiary/aromatic N) is 1. The van der Waals surface area contributed by atoms with Crippen molar-refractivity contribution < 1.29 is 19.1 Å². The van der Waals surface area contributed by atoms with E-state index in [0.717, 1.165) is 11.3 Å². The molecule has 0 aliphatic carbocycles. The molecule has 0 unspecified atom stereocenters. The number of hydrogen-bond acceptors (Lipinski definition) is 4. The maximum Gasteiger partial charge on any atom is 0.260 e. The average molecular weight is 402 g/mol. The van der Waals surface area contributed by atoms with Gasteiger partial charge in [0.2, 0.25) is 11.8 Å². The summed E-state index contributed by atoms with van der Waals surface area (Å²) in [7, 11) is 1.53. The van der Waals surface area contributed by atoms with Crippen molar-refractivity contribution in [3.05, 3.63) is 53.1 Å². The summed E-state index contributed by atoms with van der Waals surface area (Å²) in [6.45, 7) is -0.315. The van der Waals surface area contributed by atoms with Crippen LogP contribution in [0.25, 0.3) is 0 Å². The molecule has 0 fully saturated rings. The van der Waals surface area contributed by atoms with Gasteiger partial charge in [-0.05, 0) is 42.3 Å². The third-order valence-electron chi connectivity index (χ3n) is 4.29. The quantitative estimate of drug-likeness (QED) is 0.779. The van der Waals surface area contributed by atoms with Crippen molar-refractivity contribution in [1.29, 1.82) is 0 Å². The number of anilines is 2. The van der Waals surface area contributed by atoms with Crippen LogP contribution in [0, 0.1) is 0 Å². The van der Waals surface area contributed by atoms with Crippen molar-refractivity contribution in [2.75, 3.05) is 30.8 Å². The summed E-state index contributed by atoms with van der Waals surface area (Å²) >= 11 is 6.01. The zero-order valence-electron chi connectivity index (χ0n) is 15.3. The van der Waals surface area contributed by atoms with Crippen LogP contribution in [0.1, 0.15) is 12.0 Å². The van der Waals surface area contributed by atoms with E-state index in [1.165, 1.54) is 11.9 Å². The van der Waals surface area contributed by atoms with Gasteiger partial charge in [0, 0.05) is 19.2 Å². The van der Waals surface area contributed by atoms with E-state index < -0.39 is 0 Å². The lowest BCUT2D eigenvalue weighted by atomic mass is 10.0. The molecule has 0 radical (unpaired) electrons. The minimum absolute atomic E-state index is 0.00645. The Balaban J connectivity index is 1.50. The Labute approximate surface area is 167 Å². The molecular weight excluding hydrogens is 382 g/mol. The molecule has 2 aromatic rings. The zero-order chi connectivity index (χ0) is 20.1. The van der Waals surface area contributed by atoms with E-state index in [0.29, 0.717) is 29.3 Å². The normalized spacial score (nSPS) is 12.6. The van der Waals surface area contributed by atoms with Crippen molar-refractivity contribution >= 4 is 40.7 Å². The highest BCUT2D eigenvalue weighted by molar-refractivity contribution is 6.33. The van der Waals surface area contributed by atoms with Gasteiger partial charge in [-0.1, -0.05) is 23.7 Å². The lowest BCUT2D eigenvalue weighted by molar-refractivity contribution is -0.135. The van der Waals surface area contributed by atoms with E-state index in [1.807, 2.05) is 6.07 Å². The highest BCUT2D eigenvalue weighted by Crippen LogP contribution is 2.26. The second kappa shape index (κ2) is 8.75. The molecule has 2 aromatic carbocycles. The number of rotatable bonds is 6. The molecule has 1 aliphatic rings. The molecule has 0 aromatic heterocycles. The minimum atomic E-state index is -0.353. The Hall–Kier alpha value is -3.06. The maximum atomic E-state index is 12.2. The van der Waals surface area contributed by atoms with Crippen LogP contribution in [0.15, 0.2) is 42.5 Å². The smallest absolute Gasteiger partial charge is 0.260 e. The van der Waals surface area contributed by atoms with Gasteiger partial charge in [0.15, 0.2) is 6.61 Å². The standard InChI is InChI=1S/C20H20ClN3O4/c1-24(11-19(26)23-17-5-3-2-4-15(17)21)20(27)12-28-14-7-8-16-13(10-14)6-9-18(25)22-16/h2-5,7-8,10H,6,9,11-12H2,1H3,(H,22,25)(H,23,26). The predicted molar refractivity (Wildman–Crippen MR) is 107 cm³/mol. The number of hydrogen-bond donors (Lipinski definition) is 2. The lowest BCUT2D eigenvalue weighted by Crippen LogP contribution is -2.37. The van der Waals surface area contributed by atoms with Crippen molar-refractivity contribution in [2.45, 2.75) is 12.8 Å². The molecule has 1 heterocycles. The summed E-state index contributed by atoms with van der Waals surface area (Å²) in [5.41, 5.74) is 2.23. The monoisotopic (exact) mass is 401 g/mol. The molecular formula is C20H20ClN3O4. The number of amides is 3. The Morgan fingerprint density at radius 1 is 1.21 bits per heavy atom. The number of carbonyl (C=O) groups is 3. The van der Waals surface area contributed by atoms with E-state index in [-0.39, 0.29) is 30.9 Å². The fourth-order valence-corrected chi connectivity index (χ4v) is 2.94. The Morgan fingerprint density at radius 3 is 2.79 bits per heavy atom. The number of fused-ring (bicyclic) bond motifs is 1. The van der Waals surface area contributed by atoms with Gasteiger partial charge in [0.05, 0.1) is 17.3 Å². The number of likely N-dealkylation sites (N-methyl/N-ethyl adjacent to an activating group) is 1. The zero-order valence-corrected chi connectivity index (χ0v) is 16.1. The number of benzene rings is 2. The first kappa shape index (κ1) is 19.7. The third-order valence-corrected chi connectivity index (χ3v) is 4.62. The van der Waals surface area contributed by atoms with Gasteiger partial charge in [-0.25, -0.2) is 0 Å². The fourth-order valence-electron chi connectivity index (χ4n) is 2.76. The van der Waals surface area contributed by atoms with E-state index in [4.69, 9.17) is 16.3 Å². The molecule has 1 aliphatic heterocycles. The van der Waals surface area contributed by atoms with Crippen molar-refractivity contribution in [1.82, 2.24) is 4.90 Å². The van der Waals surface area contributed by atoms with Gasteiger partial charge in [0.25, 0.3) is 5.91 Å². The van der Waals surface area contributed by atoms with E-state index in [2.05, 4.69) is 10.6 Å². The molecule has 2 N–H and O–H groups in total. The van der Waals surface area contributed by atoms with Gasteiger partial charge >= 0.3 is 0 Å². The average Bonchev–Trinajstić information content (AvgIpc) is 2.67. The predicted octanol–water partition coefficient (Wildman–Crippen LogP) is 2.70. The molecule has 7 nitrogen and oxygen atoms in total. The van der Waals surface area contributed by atoms with Crippen molar-refractivity contribution in [2.24, 2.45) is 0 Å². The Kier molecular flexibility index (Phi) is 6.16. The summed E-state index contributed by atoms with van der Waals surface area (Å²) in [4.78, 5) is 37.0. The van der Waals surface area contributed by atoms with Crippen LogP contribution < -0.4 is 15.4 Å². The molecule has 146 valence electrons. The second-order valence-electron chi connectivity index (χ2n) is 6.43. The first-order valence-corrected chi connectivity index (χ1v) is 9.14. The molecule has 0 atom stereocenters. The molecule has 28 heavy (non-hydrogen) atoms. The number of ether oxygens (including phenoxy) is 1. The van der Waals surface area contributed by atoms with Crippen molar-refractivity contribution in [3.8, 4) is 5.75 Å². The highest BCUT2D eigenvalue weighted by Gasteiger charge is 2.17. The summed E-state index contributed by atoms with van der Waals surface area (Å²) in [6, 6.07) is 12.1. The van der Waals surface area contributed by atoms with Crippen LogP contribution in [0.4, 0.5) is 11.4 Å². The van der Waals surface area contributed by atoms with Gasteiger partial charge in [-0.15, -0.1) is 0 Å². The maximum absolute atomic E-state index is 12.2. The van der Waals surface area contributed by atoms with Crippen LogP contribution in [0.3, 0.4) is 0 Å². The van der Waals surface area contributed by atoms with Crippen LogP contribution in [0.5, 0.6) is 5.75 Å². The van der Waals surface area contributed by atoms with E-state index >= 15 is 0 Å². The summed E-state index contributed by atoms with van der Waals surface area (Å²) in [5, 5.41) is 5.89. The molecule has 3 rings (SSSR count). The second-order valence-corrected chi connectivity index (χ2v) is 6.84. The topological polar surface area (TPSA) is 87.7 Å². The third kappa shape index (κ3) is 5.01. The summed E-state index contributed by atoms with van der Waals surface area (Å²) in [5.74, 6) is -0.154. The highest BCUT2D eigenvalue weighted by atomic mass is 35.5. The number of aryl methyl sites for hydroxylation is 1. The number of carbonyl (C=O) groups excluding carboxylic acids is 3. The SMILES string of the molecule is CN(CC(=O)Nc1ccccc1Cl)C(=O)COc1ccc2c(c1)CCC(=O)N2. The van der Waals surface area contributed by atoms with Gasteiger partial charge < -0.3 is 20.3 Å². The van der Waals surface area contributed by atoms with E-state index in [9.17, 15) is 14.4 Å². The molecule has 0 bridgehead atoms. The van der Waals surface area contributed by atoms with Gasteiger partial charge in [-0.3, -0.25) is 14.4 Å². The first-order chi connectivity index (χ1) is 13.4. The fraction of sp³-hybridized carbons (Fsp3) is 0.250. The number of halogens is 1. The molecule has 8 heteroatoms.